The monoisotopic (exact) mass is 299 g/mol. The van der Waals surface area contributed by atoms with E-state index in [2.05, 4.69) is 16.8 Å². The van der Waals surface area contributed by atoms with E-state index in [1.54, 1.807) is 0 Å². The Labute approximate surface area is 118 Å². The van der Waals surface area contributed by atoms with E-state index in [0.29, 0.717) is 10.8 Å². The number of nitrogens with zero attached hydrogens (tertiary/aromatic N) is 2. The molecule has 1 aromatic heterocycles. The van der Waals surface area contributed by atoms with Crippen LogP contribution in [0.15, 0.2) is 11.0 Å². The van der Waals surface area contributed by atoms with Crippen molar-refractivity contribution in [3.05, 3.63) is 22.5 Å². The predicted molar refractivity (Wildman–Crippen MR) is 68.3 cm³/mol. The van der Waals surface area contributed by atoms with Crippen LogP contribution in [0.3, 0.4) is 0 Å². The van der Waals surface area contributed by atoms with Gasteiger partial charge in [0.1, 0.15) is 12.2 Å². The first-order valence-corrected chi connectivity index (χ1v) is 6.00. The van der Waals surface area contributed by atoms with Crippen molar-refractivity contribution < 1.29 is 24.4 Å². The maximum Gasteiger partial charge on any atom is 0.351 e. The van der Waals surface area contributed by atoms with Crippen LogP contribution in [0.5, 0.6) is 0 Å². The lowest BCUT2D eigenvalue weighted by molar-refractivity contribution is -0.0768. The number of aromatic nitrogens is 2. The molecule has 1 saturated heterocycles. The molecule has 2 heterocycles. The highest BCUT2D eigenvalue weighted by molar-refractivity contribution is 5.28. The van der Waals surface area contributed by atoms with Gasteiger partial charge < -0.3 is 25.8 Å². The number of nitrogens with two attached hydrogens (primary N) is 1. The molecule has 1 aliphatic heterocycles. The fraction of sp³-hybridized carbons (Fsp3) is 0.500. The third-order valence-corrected chi connectivity index (χ3v) is 3.18. The Hall–Kier alpha value is -1.99. The molecule has 1 aliphatic rings. The van der Waals surface area contributed by atoms with Crippen LogP contribution in [0.2, 0.25) is 0 Å². The van der Waals surface area contributed by atoms with Crippen LogP contribution in [0, 0.1) is 17.7 Å². The number of nitrogen functional groups attached to an aromatic ring is 1. The quantitative estimate of drug-likeness (QED) is 0.463. The highest BCUT2D eigenvalue weighted by atomic mass is 19.1. The summed E-state index contributed by atoms with van der Waals surface area (Å²) in [6.07, 6.45) is -3.61. The molecule has 0 aliphatic carbocycles. The summed E-state index contributed by atoms with van der Waals surface area (Å²) in [6.45, 7) is 0.781. The van der Waals surface area contributed by atoms with Crippen molar-refractivity contribution in [3.63, 3.8) is 0 Å². The molecule has 1 fully saturated rings. The number of ether oxygens (including phenoxy) is 1. The van der Waals surface area contributed by atoms with Gasteiger partial charge in [0.2, 0.25) is 0 Å². The van der Waals surface area contributed by atoms with Crippen LogP contribution in [-0.2, 0) is 4.74 Å². The van der Waals surface area contributed by atoms with Crippen LogP contribution < -0.4 is 11.4 Å². The Morgan fingerprint density at radius 2 is 2.33 bits per heavy atom. The topological polar surface area (TPSA) is 131 Å². The second-order valence-corrected chi connectivity index (χ2v) is 4.52. The molecule has 0 bridgehead atoms. The third-order valence-electron chi connectivity index (χ3n) is 3.18. The van der Waals surface area contributed by atoms with Crippen molar-refractivity contribution in [2.24, 2.45) is 0 Å². The minimum atomic E-state index is -2.20. The number of anilines is 1. The first-order chi connectivity index (χ1) is 9.85. The smallest absolute Gasteiger partial charge is 0.351 e. The number of halogens is 1. The molecule has 8 nitrogen and oxygen atoms in total. The van der Waals surface area contributed by atoms with Gasteiger partial charge >= 0.3 is 5.69 Å². The zero-order valence-corrected chi connectivity index (χ0v) is 11.0. The van der Waals surface area contributed by atoms with Crippen LogP contribution in [0.1, 0.15) is 13.2 Å². The summed E-state index contributed by atoms with van der Waals surface area (Å²) >= 11 is 0. The van der Waals surface area contributed by atoms with Gasteiger partial charge in [0.05, 0.1) is 12.8 Å². The molecule has 2 unspecified atom stereocenters. The van der Waals surface area contributed by atoms with E-state index < -0.39 is 48.0 Å². The molecule has 1 aromatic rings. The minimum absolute atomic E-state index is 0.599. The van der Waals surface area contributed by atoms with Gasteiger partial charge in [-0.1, -0.05) is 5.92 Å². The normalized spacial score (nSPS) is 31.8. The fourth-order valence-corrected chi connectivity index (χ4v) is 2.16. The highest BCUT2D eigenvalue weighted by Gasteiger charge is 2.55. The molecule has 0 aromatic carbocycles. The van der Waals surface area contributed by atoms with Crippen LogP contribution >= 0.6 is 0 Å². The van der Waals surface area contributed by atoms with Crippen molar-refractivity contribution in [1.82, 2.24) is 9.55 Å². The van der Waals surface area contributed by atoms with Crippen molar-refractivity contribution in [2.45, 2.75) is 31.0 Å². The summed E-state index contributed by atoms with van der Waals surface area (Å²) in [5, 5.41) is 29.6. The molecule has 114 valence electrons. The van der Waals surface area contributed by atoms with E-state index in [0.717, 1.165) is 0 Å². The first kappa shape index (κ1) is 15.4. The van der Waals surface area contributed by atoms with Gasteiger partial charge in [0, 0.05) is 0 Å². The van der Waals surface area contributed by atoms with Gasteiger partial charge in [-0.25, -0.2) is 9.18 Å². The van der Waals surface area contributed by atoms with E-state index in [-0.39, 0.29) is 0 Å². The number of rotatable bonds is 2. The van der Waals surface area contributed by atoms with Gasteiger partial charge in [-0.05, 0) is 6.92 Å². The minimum Gasteiger partial charge on any atom is -0.394 e. The van der Waals surface area contributed by atoms with Crippen molar-refractivity contribution >= 4 is 5.82 Å². The van der Waals surface area contributed by atoms with Crippen LogP contribution in [0.25, 0.3) is 0 Å². The summed E-state index contributed by atoms with van der Waals surface area (Å²) in [6, 6.07) is 0. The van der Waals surface area contributed by atoms with E-state index in [1.807, 2.05) is 0 Å². The summed E-state index contributed by atoms with van der Waals surface area (Å²) < 4.78 is 19.3. The molecule has 0 amide bonds. The second kappa shape index (κ2) is 5.42. The summed E-state index contributed by atoms with van der Waals surface area (Å²) in [4.78, 5) is 15.0. The van der Waals surface area contributed by atoms with E-state index in [4.69, 9.17) is 15.6 Å². The molecule has 5 N–H and O–H groups in total. The maximum atomic E-state index is 13.5. The number of aliphatic hydroxyl groups is 3. The van der Waals surface area contributed by atoms with Gasteiger partial charge in [-0.3, -0.25) is 4.57 Å². The molecule has 9 heteroatoms. The average Bonchev–Trinajstić information content (AvgIpc) is 2.67. The standard InChI is InChI=1S/C12H14FN3O5/c1-2-3-12(20)8(18)7(5-17)21-10(12)16-4-6(13)9(14)15-11(16)19/h4,7-8,10,17-18,20H,5H2,1H3,(H2,14,15,19)/t7-,8?,10-,12?/m1/s1. The number of hydrogen-bond acceptors (Lipinski definition) is 7. The van der Waals surface area contributed by atoms with Gasteiger partial charge in [0.15, 0.2) is 23.5 Å². The third kappa shape index (κ3) is 2.38. The van der Waals surface area contributed by atoms with Gasteiger partial charge in [-0.15, -0.1) is 5.92 Å². The van der Waals surface area contributed by atoms with Crippen molar-refractivity contribution in [3.8, 4) is 11.8 Å². The SMILES string of the molecule is CC#CC1(O)C(O)[C@@H](CO)O[C@H]1n1cc(F)c(N)nc1=O. The largest absolute Gasteiger partial charge is 0.394 e. The predicted octanol–water partition coefficient (Wildman–Crippen LogP) is -2.03. The first-order valence-electron chi connectivity index (χ1n) is 6.00. The molecule has 0 spiro atoms. The molecule has 0 radical (unpaired) electrons. The Balaban J connectivity index is 2.58. The lowest BCUT2D eigenvalue weighted by Gasteiger charge is -2.26. The van der Waals surface area contributed by atoms with Gasteiger partial charge in [0.25, 0.3) is 0 Å². The second-order valence-electron chi connectivity index (χ2n) is 4.52. The van der Waals surface area contributed by atoms with Crippen molar-refractivity contribution in [1.29, 1.82) is 0 Å². The number of hydrogen-bond donors (Lipinski definition) is 4. The molecular formula is C12H14FN3O5. The molecule has 0 saturated carbocycles. The lowest BCUT2D eigenvalue weighted by atomic mass is 9.94. The summed E-state index contributed by atoms with van der Waals surface area (Å²) in [5.74, 6) is 3.13. The Bertz CT molecular complexity index is 667. The van der Waals surface area contributed by atoms with E-state index >= 15 is 0 Å². The van der Waals surface area contributed by atoms with Crippen LogP contribution in [-0.4, -0.2) is 49.3 Å². The zero-order chi connectivity index (χ0) is 15.8. The van der Waals surface area contributed by atoms with E-state index in [1.165, 1.54) is 6.92 Å². The average molecular weight is 299 g/mol. The zero-order valence-electron chi connectivity index (χ0n) is 11.0. The fourth-order valence-electron chi connectivity index (χ4n) is 2.16. The molecule has 2 rings (SSSR count). The Morgan fingerprint density at radius 3 is 2.90 bits per heavy atom. The molecular weight excluding hydrogens is 285 g/mol. The Kier molecular flexibility index (Phi) is 3.97. The summed E-state index contributed by atoms with van der Waals surface area (Å²) in [5.41, 5.74) is 1.99. The van der Waals surface area contributed by atoms with E-state index in [9.17, 15) is 19.4 Å². The lowest BCUT2D eigenvalue weighted by Crippen LogP contribution is -2.48. The summed E-state index contributed by atoms with van der Waals surface area (Å²) in [7, 11) is 0. The van der Waals surface area contributed by atoms with Crippen molar-refractivity contribution in [2.75, 3.05) is 12.3 Å². The Morgan fingerprint density at radius 1 is 1.67 bits per heavy atom. The van der Waals surface area contributed by atoms with Gasteiger partial charge in [-0.2, -0.15) is 4.98 Å². The maximum absolute atomic E-state index is 13.5. The number of aliphatic hydroxyl groups excluding tert-OH is 2. The van der Waals surface area contributed by atoms with Crippen LogP contribution in [0.4, 0.5) is 10.2 Å². The highest BCUT2D eigenvalue weighted by Crippen LogP contribution is 2.37. The molecule has 4 atom stereocenters. The molecule has 21 heavy (non-hydrogen) atoms.